The Balaban J connectivity index is 0. The molecule has 0 heterocycles. The Morgan fingerprint density at radius 1 is 1.64 bits per heavy atom. The van der Waals surface area contributed by atoms with Gasteiger partial charge >= 0.3 is 39.7 Å². The van der Waals surface area contributed by atoms with Gasteiger partial charge < -0.3 is 5.73 Å². The fourth-order valence-corrected chi connectivity index (χ4v) is 0.898. The van der Waals surface area contributed by atoms with Crippen LogP contribution in [0.5, 0.6) is 0 Å². The number of thiocarbonyl (C=S) groups is 1. The first-order valence-corrected chi connectivity index (χ1v) is 4.51. The summed E-state index contributed by atoms with van der Waals surface area (Å²) < 4.78 is 24.9. The first-order valence-electron chi connectivity index (χ1n) is 2.69. The van der Waals surface area contributed by atoms with Gasteiger partial charge in [-0.3, -0.25) is 4.18 Å². The van der Waals surface area contributed by atoms with Crippen molar-refractivity contribution in [2.75, 3.05) is 6.61 Å². The second-order valence-corrected chi connectivity index (χ2v) is 3.88. The van der Waals surface area contributed by atoms with Gasteiger partial charge in [0, 0.05) is 0 Å². The van der Waals surface area contributed by atoms with E-state index in [1.54, 1.807) is 6.92 Å². The molecule has 0 aliphatic rings. The van der Waals surface area contributed by atoms with Gasteiger partial charge in [0.25, 0.3) is 0 Å². The first-order chi connectivity index (χ1) is 4.50. The van der Waals surface area contributed by atoms with Gasteiger partial charge in [-0.15, -0.1) is 0 Å². The third-order valence-electron chi connectivity index (χ3n) is 0.689. The number of hydrogen-bond donors (Lipinski definition) is 1. The molecule has 7 heteroatoms. The Bertz CT molecular complexity index is 213. The van der Waals surface area contributed by atoms with Crippen LogP contribution in [0.15, 0.2) is 0 Å². The van der Waals surface area contributed by atoms with E-state index < -0.39 is 14.4 Å². The van der Waals surface area contributed by atoms with E-state index in [1.165, 1.54) is 0 Å². The normalized spacial score (nSPS) is 10.3. The molecule has 0 aliphatic carbocycles. The van der Waals surface area contributed by atoms with Crippen LogP contribution in [0.2, 0.25) is 0 Å². The van der Waals surface area contributed by atoms with Gasteiger partial charge in [0.1, 0.15) is 0 Å². The van der Waals surface area contributed by atoms with E-state index in [9.17, 15) is 8.42 Å². The molecule has 0 spiro atoms. The van der Waals surface area contributed by atoms with Crippen LogP contribution in [0.25, 0.3) is 0 Å². The van der Waals surface area contributed by atoms with E-state index in [0.29, 0.717) is 6.42 Å². The second kappa shape index (κ2) is 6.33. The topological polar surface area (TPSA) is 69.4 Å². The van der Waals surface area contributed by atoms with E-state index in [1.807, 2.05) is 0 Å². The van der Waals surface area contributed by atoms with Crippen molar-refractivity contribution in [1.29, 1.82) is 0 Å². The summed E-state index contributed by atoms with van der Waals surface area (Å²) in [6.45, 7) is 1.91. The first kappa shape index (κ1) is 14.3. The van der Waals surface area contributed by atoms with Crippen LogP contribution >= 0.6 is 12.2 Å². The Hall–Kier alpha value is 0.800. The van der Waals surface area contributed by atoms with Crippen molar-refractivity contribution < 1.29 is 12.6 Å². The predicted octanol–water partition coefficient (Wildman–Crippen LogP) is -0.662. The molecular formula is C4H10NNaO3S2. The second-order valence-electron chi connectivity index (χ2n) is 1.60. The quantitative estimate of drug-likeness (QED) is 0.378. The molecule has 0 amide bonds. The molecule has 0 aliphatic heterocycles. The molecule has 0 unspecified atom stereocenters. The van der Waals surface area contributed by atoms with Gasteiger partial charge in [0.15, 0.2) is 0 Å². The number of nitrogens with two attached hydrogens (primary N) is 1. The van der Waals surface area contributed by atoms with Crippen molar-refractivity contribution in [3.05, 3.63) is 0 Å². The predicted molar refractivity (Wildman–Crippen MR) is 49.1 cm³/mol. The molecule has 0 rings (SSSR count). The third kappa shape index (κ3) is 6.01. The fourth-order valence-electron chi connectivity index (χ4n) is 0.251. The Morgan fingerprint density at radius 2 is 2.09 bits per heavy atom. The van der Waals surface area contributed by atoms with E-state index in [4.69, 9.17) is 5.73 Å². The molecule has 0 aromatic rings. The van der Waals surface area contributed by atoms with Crippen molar-refractivity contribution >= 4 is 56.2 Å². The van der Waals surface area contributed by atoms with Gasteiger partial charge in [0.05, 0.1) is 6.61 Å². The molecule has 11 heavy (non-hydrogen) atoms. The molecular weight excluding hydrogens is 197 g/mol. The Labute approximate surface area is 93.9 Å². The molecule has 0 aromatic heterocycles. The van der Waals surface area contributed by atoms with Crippen molar-refractivity contribution in [3.8, 4) is 0 Å². The third-order valence-corrected chi connectivity index (χ3v) is 2.27. The summed E-state index contributed by atoms with van der Waals surface area (Å²) in [5.74, 6) is 0. The van der Waals surface area contributed by atoms with E-state index in [-0.39, 0.29) is 36.2 Å². The van der Waals surface area contributed by atoms with Crippen LogP contribution in [-0.2, 0) is 14.3 Å². The molecule has 0 aromatic carbocycles. The zero-order valence-electron chi connectivity index (χ0n) is 5.53. The fraction of sp³-hybridized carbons (Fsp3) is 0.750. The molecule has 2 N–H and O–H groups in total. The van der Waals surface area contributed by atoms with Gasteiger partial charge in [-0.05, 0) is 18.6 Å². The van der Waals surface area contributed by atoms with Gasteiger partial charge in [0.2, 0.25) is 4.32 Å². The van der Waals surface area contributed by atoms with Crippen LogP contribution in [0.1, 0.15) is 13.3 Å². The van der Waals surface area contributed by atoms with E-state index in [0.717, 1.165) is 0 Å². The maximum atomic E-state index is 10.6. The monoisotopic (exact) mass is 207 g/mol. The average Bonchev–Trinajstić information content (AvgIpc) is 1.84. The minimum absolute atomic E-state index is 0. The van der Waals surface area contributed by atoms with E-state index in [2.05, 4.69) is 16.4 Å². The zero-order valence-corrected chi connectivity index (χ0v) is 7.17. The van der Waals surface area contributed by atoms with Gasteiger partial charge in [-0.2, -0.15) is 8.42 Å². The molecule has 0 bridgehead atoms. The summed E-state index contributed by atoms with van der Waals surface area (Å²) in [5.41, 5.74) is 4.83. The minimum atomic E-state index is -3.75. The molecule has 4 nitrogen and oxygen atoms in total. The van der Waals surface area contributed by atoms with E-state index >= 15 is 0 Å². The Morgan fingerprint density at radius 3 is 2.36 bits per heavy atom. The number of rotatable bonds is 3. The average molecular weight is 207 g/mol. The van der Waals surface area contributed by atoms with Gasteiger partial charge in [-0.25, -0.2) is 0 Å². The summed E-state index contributed by atoms with van der Waals surface area (Å²) in [6, 6.07) is 0. The summed E-state index contributed by atoms with van der Waals surface area (Å²) in [6.07, 6.45) is 0.613. The van der Waals surface area contributed by atoms with Crippen LogP contribution < -0.4 is 5.73 Å². The summed E-state index contributed by atoms with van der Waals surface area (Å²) in [7, 11) is -3.75. The molecule has 0 radical (unpaired) electrons. The summed E-state index contributed by atoms with van der Waals surface area (Å²) in [4.78, 5) is 0. The molecule has 0 fully saturated rings. The van der Waals surface area contributed by atoms with Gasteiger partial charge in [-0.1, -0.05) is 6.92 Å². The standard InChI is InChI=1S/C4H9NO3S2.Na.H/c1-2-3-8-10(6,7)4(5)9;;/h2-3H2,1H3,(H2,5,9);;. The van der Waals surface area contributed by atoms with Crippen molar-refractivity contribution in [3.63, 3.8) is 0 Å². The molecule has 0 saturated heterocycles. The SMILES string of the molecule is CCCOS(=O)(=O)C(N)=S.[NaH]. The maximum absolute atomic E-state index is 10.6. The Kier molecular flexibility index (Phi) is 8.25. The molecule has 0 atom stereocenters. The molecule has 0 saturated carbocycles. The van der Waals surface area contributed by atoms with Crippen LogP contribution in [-0.4, -0.2) is 48.9 Å². The summed E-state index contributed by atoms with van der Waals surface area (Å²) in [5, 5.41) is 0. The van der Waals surface area contributed by atoms with Crippen LogP contribution in [0, 0.1) is 0 Å². The molecule has 62 valence electrons. The van der Waals surface area contributed by atoms with Crippen molar-refractivity contribution in [2.45, 2.75) is 13.3 Å². The van der Waals surface area contributed by atoms with Crippen LogP contribution in [0.4, 0.5) is 0 Å². The number of hydrogen-bond acceptors (Lipinski definition) is 4. The van der Waals surface area contributed by atoms with Crippen molar-refractivity contribution in [2.24, 2.45) is 5.73 Å². The van der Waals surface area contributed by atoms with Crippen molar-refractivity contribution in [1.82, 2.24) is 0 Å². The zero-order chi connectivity index (χ0) is 8.20. The van der Waals surface area contributed by atoms with Crippen LogP contribution in [0.3, 0.4) is 0 Å². The summed E-state index contributed by atoms with van der Waals surface area (Å²) >= 11 is 4.21.